The summed E-state index contributed by atoms with van der Waals surface area (Å²) < 4.78 is 45.1. The molecule has 1 aliphatic heterocycles. The first-order chi connectivity index (χ1) is 11.9. The van der Waals surface area contributed by atoms with E-state index in [1.54, 1.807) is 30.3 Å². The second-order valence-corrected chi connectivity index (χ2v) is 6.73. The molecule has 0 aliphatic carbocycles. The average molecular weight is 367 g/mol. The van der Waals surface area contributed by atoms with Crippen LogP contribution in [0.1, 0.15) is 26.9 Å². The highest BCUT2D eigenvalue weighted by atomic mass is 32.2. The molecule has 1 heterocycles. The van der Waals surface area contributed by atoms with E-state index in [-0.39, 0.29) is 11.5 Å². The van der Waals surface area contributed by atoms with Gasteiger partial charge in [-0.1, -0.05) is 24.3 Å². The lowest BCUT2D eigenvalue weighted by atomic mass is 10.1. The fourth-order valence-electron chi connectivity index (χ4n) is 2.83. The van der Waals surface area contributed by atoms with Gasteiger partial charge in [0.2, 0.25) is 0 Å². The number of alkyl halides is 3. The predicted octanol–water partition coefficient (Wildman–Crippen LogP) is 4.60. The Morgan fingerprint density at radius 1 is 1.20 bits per heavy atom. The molecule has 0 radical (unpaired) electrons. The van der Waals surface area contributed by atoms with Gasteiger partial charge in [-0.05, 0) is 29.8 Å². The lowest BCUT2D eigenvalue weighted by Crippen LogP contribution is -2.31. The summed E-state index contributed by atoms with van der Waals surface area (Å²) in [6, 6.07) is 12.1. The predicted molar refractivity (Wildman–Crippen MR) is 90.7 cm³/mol. The number of hydrogen-bond acceptors (Lipinski definition) is 3. The van der Waals surface area contributed by atoms with Crippen LogP contribution in [0.3, 0.4) is 0 Å². The molecule has 0 N–H and O–H groups in total. The van der Waals surface area contributed by atoms with Crippen LogP contribution in [-0.2, 0) is 6.18 Å². The number of methoxy groups -OCH3 is 1. The number of benzene rings is 2. The normalized spacial score (nSPS) is 17.6. The van der Waals surface area contributed by atoms with Crippen LogP contribution < -0.4 is 4.74 Å². The highest BCUT2D eigenvalue weighted by molar-refractivity contribution is 7.99. The number of hydrogen-bond donors (Lipinski definition) is 0. The molecule has 1 saturated heterocycles. The number of nitrogens with zero attached hydrogens (tertiary/aromatic N) is 1. The summed E-state index contributed by atoms with van der Waals surface area (Å²) in [5.41, 5.74) is -0.178. The van der Waals surface area contributed by atoms with Crippen molar-refractivity contribution in [2.45, 2.75) is 11.6 Å². The quantitative estimate of drug-likeness (QED) is 0.794. The minimum Gasteiger partial charge on any atom is -0.497 e. The van der Waals surface area contributed by atoms with Crippen molar-refractivity contribution in [1.82, 2.24) is 4.90 Å². The van der Waals surface area contributed by atoms with Crippen LogP contribution in [0, 0.1) is 0 Å². The van der Waals surface area contributed by atoms with E-state index >= 15 is 0 Å². The van der Waals surface area contributed by atoms with Gasteiger partial charge in [0, 0.05) is 17.9 Å². The van der Waals surface area contributed by atoms with E-state index in [1.807, 2.05) is 0 Å². The third-order valence-corrected chi connectivity index (χ3v) is 5.24. The highest BCUT2D eigenvalue weighted by Gasteiger charge is 2.39. The Morgan fingerprint density at radius 3 is 2.68 bits per heavy atom. The summed E-state index contributed by atoms with van der Waals surface area (Å²) in [6.45, 7) is 0.400. The first-order valence-corrected chi connectivity index (χ1v) is 8.69. The molecule has 1 aliphatic rings. The van der Waals surface area contributed by atoms with Crippen LogP contribution in [0.2, 0.25) is 0 Å². The lowest BCUT2D eigenvalue weighted by molar-refractivity contribution is -0.138. The van der Waals surface area contributed by atoms with Gasteiger partial charge in [-0.2, -0.15) is 13.2 Å². The maximum Gasteiger partial charge on any atom is 0.416 e. The van der Waals surface area contributed by atoms with E-state index < -0.39 is 17.1 Å². The Kier molecular flexibility index (Phi) is 4.94. The molecule has 25 heavy (non-hydrogen) atoms. The Balaban J connectivity index is 1.95. The van der Waals surface area contributed by atoms with Gasteiger partial charge in [0.15, 0.2) is 0 Å². The Labute approximate surface area is 147 Å². The Morgan fingerprint density at radius 2 is 1.96 bits per heavy atom. The van der Waals surface area contributed by atoms with Crippen molar-refractivity contribution in [3.8, 4) is 5.75 Å². The molecule has 1 amide bonds. The zero-order valence-corrected chi connectivity index (χ0v) is 14.2. The van der Waals surface area contributed by atoms with Gasteiger partial charge in [0.25, 0.3) is 5.91 Å². The first kappa shape index (κ1) is 17.7. The number of thioether (sulfide) groups is 1. The number of ether oxygens (including phenoxy) is 1. The van der Waals surface area contributed by atoms with Crippen LogP contribution in [-0.4, -0.2) is 30.2 Å². The number of carbonyl (C=O) groups excluding carboxylic acids is 1. The summed E-state index contributed by atoms with van der Waals surface area (Å²) in [6.07, 6.45) is -4.45. The fourth-order valence-corrected chi connectivity index (χ4v) is 4.12. The van der Waals surface area contributed by atoms with E-state index in [1.165, 1.54) is 35.9 Å². The molecule has 1 atom stereocenters. The van der Waals surface area contributed by atoms with Crippen molar-refractivity contribution in [2.75, 3.05) is 19.4 Å². The molecule has 132 valence electrons. The molecule has 3 nitrogen and oxygen atoms in total. The van der Waals surface area contributed by atoms with E-state index in [9.17, 15) is 18.0 Å². The number of halogens is 3. The molecular weight excluding hydrogens is 351 g/mol. The van der Waals surface area contributed by atoms with Crippen LogP contribution >= 0.6 is 11.8 Å². The molecule has 7 heteroatoms. The smallest absolute Gasteiger partial charge is 0.416 e. The minimum atomic E-state index is -4.45. The van der Waals surface area contributed by atoms with E-state index in [0.29, 0.717) is 23.6 Å². The van der Waals surface area contributed by atoms with Crippen LogP contribution in [0.25, 0.3) is 0 Å². The van der Waals surface area contributed by atoms with Gasteiger partial charge in [-0.15, -0.1) is 11.8 Å². The molecular formula is C18H16F3NO2S. The second-order valence-electron chi connectivity index (χ2n) is 5.54. The molecule has 2 aromatic rings. The highest BCUT2D eigenvalue weighted by Crippen LogP contribution is 2.44. The average Bonchev–Trinajstić information content (AvgIpc) is 3.10. The van der Waals surface area contributed by atoms with Gasteiger partial charge in [0.1, 0.15) is 11.1 Å². The van der Waals surface area contributed by atoms with Crippen molar-refractivity contribution < 1.29 is 22.7 Å². The number of carbonyl (C=O) groups is 1. The van der Waals surface area contributed by atoms with Crippen molar-refractivity contribution in [2.24, 2.45) is 0 Å². The molecule has 0 bridgehead atoms. The summed E-state index contributed by atoms with van der Waals surface area (Å²) in [7, 11) is 1.50. The summed E-state index contributed by atoms with van der Waals surface area (Å²) in [4.78, 5) is 14.3. The summed E-state index contributed by atoms with van der Waals surface area (Å²) in [5, 5.41) is -0.656. The number of amides is 1. The minimum absolute atomic E-state index is 0.119. The standard InChI is InChI=1S/C18H16F3NO2S/c1-24-13-6-4-5-12(11-13)16(23)22-9-10-25-17(22)14-7-2-3-8-15(14)18(19,20)21/h2-8,11,17H,9-10H2,1H3/t17-/m1/s1. The monoisotopic (exact) mass is 367 g/mol. The topological polar surface area (TPSA) is 29.5 Å². The number of rotatable bonds is 3. The van der Waals surface area contributed by atoms with E-state index in [2.05, 4.69) is 0 Å². The van der Waals surface area contributed by atoms with Crippen molar-refractivity contribution in [3.63, 3.8) is 0 Å². The van der Waals surface area contributed by atoms with Gasteiger partial charge < -0.3 is 9.64 Å². The Hall–Kier alpha value is -2.15. The van der Waals surface area contributed by atoms with Gasteiger partial charge >= 0.3 is 6.18 Å². The van der Waals surface area contributed by atoms with Crippen molar-refractivity contribution in [1.29, 1.82) is 0 Å². The second kappa shape index (κ2) is 7.00. The van der Waals surface area contributed by atoms with Crippen LogP contribution in [0.4, 0.5) is 13.2 Å². The van der Waals surface area contributed by atoms with Crippen molar-refractivity contribution in [3.05, 3.63) is 65.2 Å². The largest absolute Gasteiger partial charge is 0.497 e. The third kappa shape index (κ3) is 3.61. The molecule has 1 fully saturated rings. The zero-order chi connectivity index (χ0) is 18.0. The molecule has 0 spiro atoms. The SMILES string of the molecule is COc1cccc(C(=O)N2CCS[C@@H]2c2ccccc2C(F)(F)F)c1. The van der Waals surface area contributed by atoms with Crippen LogP contribution in [0.15, 0.2) is 48.5 Å². The zero-order valence-electron chi connectivity index (χ0n) is 13.4. The third-order valence-electron chi connectivity index (χ3n) is 4.00. The maximum absolute atomic E-state index is 13.3. The van der Waals surface area contributed by atoms with Crippen LogP contribution in [0.5, 0.6) is 5.75 Å². The maximum atomic E-state index is 13.3. The lowest BCUT2D eigenvalue weighted by Gasteiger charge is -2.26. The molecule has 3 rings (SSSR count). The van der Waals surface area contributed by atoms with Gasteiger partial charge in [-0.3, -0.25) is 4.79 Å². The summed E-state index contributed by atoms with van der Waals surface area (Å²) >= 11 is 1.34. The molecule has 2 aromatic carbocycles. The summed E-state index contributed by atoms with van der Waals surface area (Å²) in [5.74, 6) is 0.822. The van der Waals surface area contributed by atoms with Gasteiger partial charge in [0.05, 0.1) is 12.7 Å². The van der Waals surface area contributed by atoms with E-state index in [0.717, 1.165) is 6.07 Å². The van der Waals surface area contributed by atoms with E-state index in [4.69, 9.17) is 4.74 Å². The Bertz CT molecular complexity index is 779. The van der Waals surface area contributed by atoms with Gasteiger partial charge in [-0.25, -0.2) is 0 Å². The fraction of sp³-hybridized carbons (Fsp3) is 0.278. The molecule has 0 aromatic heterocycles. The molecule has 0 saturated carbocycles. The first-order valence-electron chi connectivity index (χ1n) is 7.64. The molecule has 0 unspecified atom stereocenters. The van der Waals surface area contributed by atoms with Crippen molar-refractivity contribution >= 4 is 17.7 Å².